The number of unbranched alkanes of at least 4 members (excludes halogenated alkanes) is 1. The van der Waals surface area contributed by atoms with Crippen molar-refractivity contribution in [3.05, 3.63) is 0 Å². The molecule has 0 radical (unpaired) electrons. The van der Waals surface area contributed by atoms with Gasteiger partial charge in [-0.2, -0.15) is 0 Å². The van der Waals surface area contributed by atoms with Gasteiger partial charge in [-0.05, 0) is 13.3 Å². The van der Waals surface area contributed by atoms with Crippen LogP contribution in [0.15, 0.2) is 0 Å². The number of carboxylic acids is 1. The van der Waals surface area contributed by atoms with E-state index in [0.717, 1.165) is 12.8 Å². The molecule has 0 aromatic rings. The van der Waals surface area contributed by atoms with Crippen molar-refractivity contribution in [2.24, 2.45) is 0 Å². The number of nitrogens with one attached hydrogen (secondary N) is 2. The summed E-state index contributed by atoms with van der Waals surface area (Å²) in [5.74, 6) is -1.54. The van der Waals surface area contributed by atoms with Gasteiger partial charge in [0.15, 0.2) is 0 Å². The second-order valence-electron chi connectivity index (χ2n) is 4.96. The molecule has 1 rings (SSSR count). The third-order valence-corrected chi connectivity index (χ3v) is 3.45. The molecular formula is C13H23N3O4. The van der Waals surface area contributed by atoms with E-state index in [2.05, 4.69) is 10.6 Å². The van der Waals surface area contributed by atoms with Crippen LogP contribution in [0.2, 0.25) is 0 Å². The van der Waals surface area contributed by atoms with Crippen LogP contribution in [0.25, 0.3) is 0 Å². The highest BCUT2D eigenvalue weighted by molar-refractivity contribution is 5.88. The second kappa shape index (κ2) is 7.84. The van der Waals surface area contributed by atoms with Gasteiger partial charge in [-0.15, -0.1) is 0 Å². The zero-order chi connectivity index (χ0) is 15.1. The lowest BCUT2D eigenvalue weighted by atomic mass is 10.1. The monoisotopic (exact) mass is 285 g/mol. The molecule has 2 atom stereocenters. The molecule has 1 aliphatic heterocycles. The van der Waals surface area contributed by atoms with E-state index in [1.165, 1.54) is 0 Å². The molecule has 7 nitrogen and oxygen atoms in total. The van der Waals surface area contributed by atoms with Crippen LogP contribution in [0.5, 0.6) is 0 Å². The van der Waals surface area contributed by atoms with Crippen LogP contribution in [0, 0.1) is 0 Å². The first kappa shape index (κ1) is 16.4. The van der Waals surface area contributed by atoms with Gasteiger partial charge in [0.1, 0.15) is 6.04 Å². The molecule has 20 heavy (non-hydrogen) atoms. The van der Waals surface area contributed by atoms with Crippen LogP contribution in [0.1, 0.15) is 33.1 Å². The molecular weight excluding hydrogens is 262 g/mol. The number of hydrogen-bond acceptors (Lipinski definition) is 4. The van der Waals surface area contributed by atoms with Crippen molar-refractivity contribution in [1.82, 2.24) is 15.5 Å². The Morgan fingerprint density at radius 3 is 2.85 bits per heavy atom. The highest BCUT2D eigenvalue weighted by Gasteiger charge is 2.36. The Kier molecular flexibility index (Phi) is 6.44. The Morgan fingerprint density at radius 1 is 1.55 bits per heavy atom. The summed E-state index contributed by atoms with van der Waals surface area (Å²) >= 11 is 0. The smallest absolute Gasteiger partial charge is 0.305 e. The Bertz CT molecular complexity index is 373. The number of nitrogens with zero attached hydrogens (tertiary/aromatic N) is 1. The summed E-state index contributed by atoms with van der Waals surface area (Å²) in [6.45, 7) is 5.25. The van der Waals surface area contributed by atoms with E-state index in [-0.39, 0.29) is 18.2 Å². The van der Waals surface area contributed by atoms with Crippen LogP contribution < -0.4 is 10.6 Å². The number of aliphatic carboxylic acids is 1. The molecule has 0 spiro atoms. The topological polar surface area (TPSA) is 98.7 Å². The zero-order valence-electron chi connectivity index (χ0n) is 12.0. The van der Waals surface area contributed by atoms with Crippen molar-refractivity contribution < 1.29 is 19.5 Å². The third-order valence-electron chi connectivity index (χ3n) is 3.45. The summed E-state index contributed by atoms with van der Waals surface area (Å²) in [6.07, 6.45) is 1.60. The number of piperazine rings is 1. The van der Waals surface area contributed by atoms with Crippen molar-refractivity contribution in [1.29, 1.82) is 0 Å². The van der Waals surface area contributed by atoms with Crippen molar-refractivity contribution in [3.63, 3.8) is 0 Å². The van der Waals surface area contributed by atoms with E-state index in [1.807, 2.05) is 6.92 Å². The first-order chi connectivity index (χ1) is 9.47. The molecule has 114 valence electrons. The van der Waals surface area contributed by atoms with Crippen LogP contribution in [-0.2, 0) is 14.4 Å². The molecule has 1 heterocycles. The second-order valence-corrected chi connectivity index (χ2v) is 4.96. The van der Waals surface area contributed by atoms with E-state index >= 15 is 0 Å². The molecule has 0 aliphatic carbocycles. The Morgan fingerprint density at radius 2 is 2.25 bits per heavy atom. The first-order valence-electron chi connectivity index (χ1n) is 7.00. The predicted octanol–water partition coefficient (Wildman–Crippen LogP) is -0.434. The molecule has 7 heteroatoms. The number of carboxylic acid groups (broad SMARTS) is 1. The number of hydrogen-bond donors (Lipinski definition) is 3. The molecule has 0 saturated carbocycles. The quantitative estimate of drug-likeness (QED) is 0.551. The molecule has 0 aromatic heterocycles. The van der Waals surface area contributed by atoms with E-state index in [4.69, 9.17) is 5.11 Å². The first-order valence-corrected chi connectivity index (χ1v) is 7.00. The van der Waals surface area contributed by atoms with Crippen LogP contribution in [0.4, 0.5) is 0 Å². The predicted molar refractivity (Wildman–Crippen MR) is 73.1 cm³/mol. The average Bonchev–Trinajstić information content (AvgIpc) is 2.40. The maximum absolute atomic E-state index is 12.0. The lowest BCUT2D eigenvalue weighted by Gasteiger charge is -2.37. The van der Waals surface area contributed by atoms with Gasteiger partial charge < -0.3 is 15.7 Å². The SMILES string of the molecule is CCCCNC(=O)C(C)N1CCNC(=O)C1CC(=O)O. The van der Waals surface area contributed by atoms with Crippen molar-refractivity contribution in [3.8, 4) is 0 Å². The molecule has 3 N–H and O–H groups in total. The third kappa shape index (κ3) is 4.48. The number of amides is 2. The molecule has 1 fully saturated rings. The maximum Gasteiger partial charge on any atom is 0.305 e. The average molecular weight is 285 g/mol. The highest BCUT2D eigenvalue weighted by atomic mass is 16.4. The van der Waals surface area contributed by atoms with Gasteiger partial charge in [0.05, 0.1) is 12.5 Å². The fraction of sp³-hybridized carbons (Fsp3) is 0.769. The van der Waals surface area contributed by atoms with Crippen molar-refractivity contribution in [2.45, 2.75) is 45.2 Å². The summed E-state index contributed by atoms with van der Waals surface area (Å²) < 4.78 is 0. The maximum atomic E-state index is 12.0. The van der Waals surface area contributed by atoms with E-state index in [0.29, 0.717) is 19.6 Å². The normalized spacial score (nSPS) is 21.1. The Hall–Kier alpha value is -1.63. The summed E-state index contributed by atoms with van der Waals surface area (Å²) in [5.41, 5.74) is 0. The molecule has 2 unspecified atom stereocenters. The van der Waals surface area contributed by atoms with Crippen molar-refractivity contribution in [2.75, 3.05) is 19.6 Å². The largest absolute Gasteiger partial charge is 0.481 e. The van der Waals surface area contributed by atoms with Gasteiger partial charge >= 0.3 is 5.97 Å². The molecule has 1 aliphatic rings. The van der Waals surface area contributed by atoms with Crippen LogP contribution >= 0.6 is 0 Å². The fourth-order valence-electron chi connectivity index (χ4n) is 2.26. The lowest BCUT2D eigenvalue weighted by Crippen LogP contribution is -2.61. The van der Waals surface area contributed by atoms with Gasteiger partial charge in [0.2, 0.25) is 11.8 Å². The summed E-state index contributed by atoms with van der Waals surface area (Å²) in [4.78, 5) is 36.3. The van der Waals surface area contributed by atoms with Crippen LogP contribution in [0.3, 0.4) is 0 Å². The molecule has 0 bridgehead atoms. The standard InChI is InChI=1S/C13H23N3O4/c1-3-4-5-14-12(19)9(2)16-7-6-15-13(20)10(16)8-11(17)18/h9-10H,3-8H2,1-2H3,(H,14,19)(H,15,20)(H,17,18). The van der Waals surface area contributed by atoms with Gasteiger partial charge in [-0.1, -0.05) is 13.3 Å². The van der Waals surface area contributed by atoms with Gasteiger partial charge in [-0.25, -0.2) is 0 Å². The van der Waals surface area contributed by atoms with Gasteiger partial charge in [0.25, 0.3) is 0 Å². The summed E-state index contributed by atoms with van der Waals surface area (Å²) in [5, 5.41) is 14.3. The minimum Gasteiger partial charge on any atom is -0.481 e. The highest BCUT2D eigenvalue weighted by Crippen LogP contribution is 2.13. The molecule has 2 amide bonds. The molecule has 0 aromatic carbocycles. The number of carbonyl (C=O) groups is 3. The fourth-order valence-corrected chi connectivity index (χ4v) is 2.26. The number of carbonyl (C=O) groups excluding carboxylic acids is 2. The van der Waals surface area contributed by atoms with Crippen molar-refractivity contribution >= 4 is 17.8 Å². The summed E-state index contributed by atoms with van der Waals surface area (Å²) in [6, 6.07) is -1.30. The Labute approximate surface area is 118 Å². The van der Waals surface area contributed by atoms with Gasteiger partial charge in [0, 0.05) is 19.6 Å². The van der Waals surface area contributed by atoms with E-state index < -0.39 is 18.1 Å². The van der Waals surface area contributed by atoms with Gasteiger partial charge in [-0.3, -0.25) is 19.3 Å². The van der Waals surface area contributed by atoms with E-state index in [1.54, 1.807) is 11.8 Å². The number of rotatable bonds is 7. The summed E-state index contributed by atoms with van der Waals surface area (Å²) in [7, 11) is 0. The Balaban J connectivity index is 2.66. The van der Waals surface area contributed by atoms with E-state index in [9.17, 15) is 14.4 Å². The minimum absolute atomic E-state index is 0.163. The van der Waals surface area contributed by atoms with Crippen LogP contribution in [-0.4, -0.2) is 59.5 Å². The lowest BCUT2D eigenvalue weighted by molar-refractivity contribution is -0.145. The molecule has 1 saturated heterocycles. The minimum atomic E-state index is -1.05. The zero-order valence-corrected chi connectivity index (χ0v) is 12.0.